The summed E-state index contributed by atoms with van der Waals surface area (Å²) in [6.45, 7) is 3.48. The number of rotatable bonds is 4. The Morgan fingerprint density at radius 1 is 1.00 bits per heavy atom. The standard InChI is InChI=1S/C22H17ClN4O3S/c1-12-10-14(23)8-9-16(12)26-20(29)18-19(21(30)25-15-6-4-3-5-7-15)31-22-24-13(2)11-17(28)27(18)22/h3-11H,1-2H3,(H,25,30)(H,26,29). The van der Waals surface area contributed by atoms with Crippen LogP contribution in [0.3, 0.4) is 0 Å². The number of hydrogen-bond acceptors (Lipinski definition) is 5. The van der Waals surface area contributed by atoms with Gasteiger partial charge in [-0.05, 0) is 49.7 Å². The molecule has 0 unspecified atom stereocenters. The number of carbonyl (C=O) groups is 2. The van der Waals surface area contributed by atoms with Crippen molar-refractivity contribution in [1.29, 1.82) is 0 Å². The second-order valence-corrected chi connectivity index (χ2v) is 8.28. The van der Waals surface area contributed by atoms with Crippen molar-refractivity contribution >= 4 is 51.1 Å². The maximum Gasteiger partial charge on any atom is 0.274 e. The molecule has 0 radical (unpaired) electrons. The smallest absolute Gasteiger partial charge is 0.274 e. The van der Waals surface area contributed by atoms with Gasteiger partial charge in [0, 0.05) is 28.2 Å². The average molecular weight is 453 g/mol. The molecule has 2 heterocycles. The molecule has 9 heteroatoms. The highest BCUT2D eigenvalue weighted by Gasteiger charge is 2.26. The minimum atomic E-state index is -0.595. The fraction of sp³-hybridized carbons (Fsp3) is 0.0909. The van der Waals surface area contributed by atoms with Crippen molar-refractivity contribution in [2.45, 2.75) is 13.8 Å². The fourth-order valence-corrected chi connectivity index (χ4v) is 4.40. The number of nitrogens with zero attached hydrogens (tertiary/aromatic N) is 2. The van der Waals surface area contributed by atoms with E-state index in [-0.39, 0.29) is 15.5 Å². The number of halogens is 1. The van der Waals surface area contributed by atoms with Crippen LogP contribution in [-0.4, -0.2) is 21.2 Å². The zero-order valence-electron chi connectivity index (χ0n) is 16.6. The average Bonchev–Trinajstić information content (AvgIpc) is 3.11. The van der Waals surface area contributed by atoms with Crippen LogP contribution in [0, 0.1) is 13.8 Å². The Morgan fingerprint density at radius 2 is 1.74 bits per heavy atom. The highest BCUT2D eigenvalue weighted by molar-refractivity contribution is 7.19. The molecule has 0 fully saturated rings. The summed E-state index contributed by atoms with van der Waals surface area (Å²) in [7, 11) is 0. The molecule has 0 spiro atoms. The SMILES string of the molecule is Cc1cc(=O)n2c(C(=O)Nc3ccc(Cl)cc3C)c(C(=O)Nc3ccccc3)sc2n1. The zero-order valence-corrected chi connectivity index (χ0v) is 18.2. The van der Waals surface area contributed by atoms with Crippen molar-refractivity contribution < 1.29 is 9.59 Å². The van der Waals surface area contributed by atoms with Crippen molar-refractivity contribution in [1.82, 2.24) is 9.38 Å². The first-order chi connectivity index (χ1) is 14.8. The molecule has 0 aliphatic rings. The van der Waals surface area contributed by atoms with Crippen molar-refractivity contribution in [2.24, 2.45) is 0 Å². The lowest BCUT2D eigenvalue weighted by Crippen LogP contribution is -2.25. The molecule has 156 valence electrons. The molecule has 4 rings (SSSR count). The van der Waals surface area contributed by atoms with E-state index in [0.29, 0.717) is 22.1 Å². The highest BCUT2D eigenvalue weighted by atomic mass is 35.5. The van der Waals surface area contributed by atoms with E-state index in [4.69, 9.17) is 11.6 Å². The Labute approximate surface area is 186 Å². The van der Waals surface area contributed by atoms with E-state index in [9.17, 15) is 14.4 Å². The number of para-hydroxylation sites is 1. The Balaban J connectivity index is 1.81. The molecule has 0 saturated carbocycles. The van der Waals surface area contributed by atoms with Gasteiger partial charge in [0.2, 0.25) is 0 Å². The number of aromatic nitrogens is 2. The molecule has 0 bridgehead atoms. The molecule has 0 saturated heterocycles. The monoisotopic (exact) mass is 452 g/mol. The van der Waals surface area contributed by atoms with E-state index in [1.54, 1.807) is 56.3 Å². The van der Waals surface area contributed by atoms with Gasteiger partial charge in [-0.25, -0.2) is 9.38 Å². The molecule has 2 N–H and O–H groups in total. The maximum atomic E-state index is 13.2. The molecule has 0 aliphatic carbocycles. The van der Waals surface area contributed by atoms with E-state index in [0.717, 1.165) is 21.3 Å². The van der Waals surface area contributed by atoms with Gasteiger partial charge in [0.15, 0.2) is 4.96 Å². The van der Waals surface area contributed by atoms with E-state index in [1.165, 1.54) is 6.07 Å². The van der Waals surface area contributed by atoms with Gasteiger partial charge >= 0.3 is 0 Å². The summed E-state index contributed by atoms with van der Waals surface area (Å²) < 4.78 is 1.16. The predicted molar refractivity (Wildman–Crippen MR) is 123 cm³/mol. The van der Waals surface area contributed by atoms with Gasteiger partial charge in [-0.2, -0.15) is 0 Å². The first-order valence-electron chi connectivity index (χ1n) is 9.30. The maximum absolute atomic E-state index is 13.2. The fourth-order valence-electron chi connectivity index (χ4n) is 3.10. The van der Waals surface area contributed by atoms with Crippen LogP contribution in [0.1, 0.15) is 31.4 Å². The molecule has 0 aliphatic heterocycles. The van der Waals surface area contributed by atoms with E-state index >= 15 is 0 Å². The Morgan fingerprint density at radius 3 is 2.45 bits per heavy atom. The number of aryl methyl sites for hydroxylation is 2. The normalized spacial score (nSPS) is 10.8. The quantitative estimate of drug-likeness (QED) is 0.475. The lowest BCUT2D eigenvalue weighted by Gasteiger charge is -2.10. The first kappa shape index (κ1) is 20.8. The number of fused-ring (bicyclic) bond motifs is 1. The minimum Gasteiger partial charge on any atom is -0.321 e. The van der Waals surface area contributed by atoms with Gasteiger partial charge in [0.05, 0.1) is 0 Å². The lowest BCUT2D eigenvalue weighted by molar-refractivity contribution is 0.0989. The van der Waals surface area contributed by atoms with Gasteiger partial charge in [-0.3, -0.25) is 14.4 Å². The minimum absolute atomic E-state index is 0.0692. The summed E-state index contributed by atoms with van der Waals surface area (Å²) in [5, 5.41) is 6.07. The predicted octanol–water partition coefficient (Wildman–Crippen LogP) is 4.53. The summed E-state index contributed by atoms with van der Waals surface area (Å²) in [4.78, 5) is 43.6. The summed E-state index contributed by atoms with van der Waals surface area (Å²) in [5.41, 5.74) is 1.84. The van der Waals surface area contributed by atoms with Crippen LogP contribution in [0.15, 0.2) is 59.4 Å². The number of hydrogen-bond donors (Lipinski definition) is 2. The van der Waals surface area contributed by atoms with Crippen LogP contribution in [0.2, 0.25) is 5.02 Å². The van der Waals surface area contributed by atoms with Crippen LogP contribution in [0.5, 0.6) is 0 Å². The Bertz CT molecular complexity index is 1380. The summed E-state index contributed by atoms with van der Waals surface area (Å²) in [6, 6.07) is 15.2. The molecule has 2 aromatic carbocycles. The number of thiazole rings is 1. The van der Waals surface area contributed by atoms with Gasteiger partial charge in [0.1, 0.15) is 10.6 Å². The number of amides is 2. The number of nitrogens with one attached hydrogen (secondary N) is 2. The van der Waals surface area contributed by atoms with Crippen LogP contribution in [0.4, 0.5) is 11.4 Å². The van der Waals surface area contributed by atoms with E-state index in [2.05, 4.69) is 15.6 Å². The molecular formula is C22H17ClN4O3S. The van der Waals surface area contributed by atoms with Gasteiger partial charge < -0.3 is 10.6 Å². The third-order valence-corrected chi connectivity index (χ3v) is 5.81. The van der Waals surface area contributed by atoms with Crippen molar-refractivity contribution in [3.05, 3.63) is 91.8 Å². The molecule has 0 atom stereocenters. The van der Waals surface area contributed by atoms with E-state index in [1.807, 2.05) is 6.07 Å². The van der Waals surface area contributed by atoms with Crippen LogP contribution in [0.25, 0.3) is 4.96 Å². The van der Waals surface area contributed by atoms with Gasteiger partial charge in [-0.1, -0.05) is 41.1 Å². The Hall–Kier alpha value is -3.49. The highest BCUT2D eigenvalue weighted by Crippen LogP contribution is 2.25. The molecule has 31 heavy (non-hydrogen) atoms. The summed E-state index contributed by atoms with van der Waals surface area (Å²) in [6.07, 6.45) is 0. The van der Waals surface area contributed by atoms with E-state index < -0.39 is 17.4 Å². The van der Waals surface area contributed by atoms with Crippen molar-refractivity contribution in [3.63, 3.8) is 0 Å². The Kier molecular flexibility index (Phi) is 5.58. The largest absolute Gasteiger partial charge is 0.321 e. The van der Waals surface area contributed by atoms with Crippen molar-refractivity contribution in [2.75, 3.05) is 10.6 Å². The summed E-state index contributed by atoms with van der Waals surface area (Å²) >= 11 is 6.98. The van der Waals surface area contributed by atoms with Crippen LogP contribution < -0.4 is 16.2 Å². The third kappa shape index (κ3) is 4.21. The van der Waals surface area contributed by atoms with Gasteiger partial charge in [0.25, 0.3) is 17.4 Å². The second kappa shape index (κ2) is 8.33. The summed E-state index contributed by atoms with van der Waals surface area (Å²) in [5.74, 6) is -1.10. The molecular weight excluding hydrogens is 436 g/mol. The lowest BCUT2D eigenvalue weighted by atomic mass is 10.2. The second-order valence-electron chi connectivity index (χ2n) is 6.87. The van der Waals surface area contributed by atoms with Crippen LogP contribution >= 0.6 is 22.9 Å². The zero-order chi connectivity index (χ0) is 22.1. The third-order valence-electron chi connectivity index (χ3n) is 4.54. The van der Waals surface area contributed by atoms with Crippen molar-refractivity contribution in [3.8, 4) is 0 Å². The topological polar surface area (TPSA) is 92.6 Å². The van der Waals surface area contributed by atoms with Crippen LogP contribution in [-0.2, 0) is 0 Å². The molecule has 7 nitrogen and oxygen atoms in total. The molecule has 4 aromatic rings. The first-order valence-corrected chi connectivity index (χ1v) is 10.5. The van der Waals surface area contributed by atoms with Gasteiger partial charge in [-0.15, -0.1) is 0 Å². The number of benzene rings is 2. The molecule has 2 aromatic heterocycles. The number of anilines is 2. The number of carbonyl (C=O) groups excluding carboxylic acids is 2. The molecule has 2 amide bonds.